The second kappa shape index (κ2) is 5.48. The molecule has 3 rings (SSSR count). The lowest BCUT2D eigenvalue weighted by Gasteiger charge is -2.06. The SMILES string of the molecule is Cc1ccc2cc(Cc3ccc(CN)cc3)ccc2c1. The summed E-state index contributed by atoms with van der Waals surface area (Å²) < 4.78 is 0. The van der Waals surface area contributed by atoms with Crippen LogP contribution in [-0.2, 0) is 13.0 Å². The second-order valence-electron chi connectivity index (χ2n) is 5.38. The third kappa shape index (κ3) is 2.73. The van der Waals surface area contributed by atoms with Crippen LogP contribution in [0.15, 0.2) is 60.7 Å². The average Bonchev–Trinajstić information content (AvgIpc) is 2.48. The first-order valence-electron chi connectivity index (χ1n) is 7.02. The smallest absolute Gasteiger partial charge is 0.0178 e. The summed E-state index contributed by atoms with van der Waals surface area (Å²) >= 11 is 0. The van der Waals surface area contributed by atoms with Crippen LogP contribution in [0.25, 0.3) is 10.8 Å². The fourth-order valence-corrected chi connectivity index (χ4v) is 2.55. The Bertz CT molecular complexity index is 726. The summed E-state index contributed by atoms with van der Waals surface area (Å²) in [7, 11) is 0. The summed E-state index contributed by atoms with van der Waals surface area (Å²) in [6.07, 6.45) is 0.967. The van der Waals surface area contributed by atoms with Gasteiger partial charge in [-0.25, -0.2) is 0 Å². The fourth-order valence-electron chi connectivity index (χ4n) is 2.55. The summed E-state index contributed by atoms with van der Waals surface area (Å²) in [5.41, 5.74) is 10.8. The van der Waals surface area contributed by atoms with E-state index in [1.54, 1.807) is 0 Å². The monoisotopic (exact) mass is 261 g/mol. The molecule has 0 atom stereocenters. The minimum Gasteiger partial charge on any atom is -0.326 e. The third-order valence-corrected chi connectivity index (χ3v) is 3.73. The summed E-state index contributed by atoms with van der Waals surface area (Å²) in [6, 6.07) is 21.9. The molecule has 2 N–H and O–H groups in total. The van der Waals surface area contributed by atoms with E-state index in [2.05, 4.69) is 67.6 Å². The summed E-state index contributed by atoms with van der Waals surface area (Å²) in [6.45, 7) is 2.74. The number of nitrogens with two attached hydrogens (primary N) is 1. The van der Waals surface area contributed by atoms with Crippen molar-refractivity contribution in [1.29, 1.82) is 0 Å². The maximum absolute atomic E-state index is 5.63. The summed E-state index contributed by atoms with van der Waals surface area (Å²) in [5.74, 6) is 0. The van der Waals surface area contributed by atoms with Crippen molar-refractivity contribution in [2.24, 2.45) is 5.73 Å². The molecule has 1 heteroatoms. The standard InChI is InChI=1S/C19H19N/c1-14-2-8-19-12-17(7-9-18(19)10-14)11-15-3-5-16(13-20)6-4-15/h2-10,12H,11,13,20H2,1H3. The summed E-state index contributed by atoms with van der Waals surface area (Å²) in [4.78, 5) is 0. The molecule has 0 aliphatic rings. The minimum atomic E-state index is 0.607. The molecule has 0 heterocycles. The van der Waals surface area contributed by atoms with Gasteiger partial charge in [0.05, 0.1) is 0 Å². The highest BCUT2D eigenvalue weighted by Gasteiger charge is 2.00. The van der Waals surface area contributed by atoms with E-state index in [0.717, 1.165) is 6.42 Å². The predicted molar refractivity (Wildman–Crippen MR) is 85.8 cm³/mol. The topological polar surface area (TPSA) is 26.0 Å². The van der Waals surface area contributed by atoms with Crippen LogP contribution in [-0.4, -0.2) is 0 Å². The molecule has 3 aromatic carbocycles. The Balaban J connectivity index is 1.88. The van der Waals surface area contributed by atoms with Gasteiger partial charge in [0.15, 0.2) is 0 Å². The van der Waals surface area contributed by atoms with E-state index in [-0.39, 0.29) is 0 Å². The van der Waals surface area contributed by atoms with Gasteiger partial charge in [-0.15, -0.1) is 0 Å². The molecule has 0 amide bonds. The van der Waals surface area contributed by atoms with E-state index >= 15 is 0 Å². The molecule has 0 bridgehead atoms. The Morgan fingerprint density at radius 3 is 2.05 bits per heavy atom. The Morgan fingerprint density at radius 2 is 1.30 bits per heavy atom. The van der Waals surface area contributed by atoms with E-state index in [9.17, 15) is 0 Å². The van der Waals surface area contributed by atoms with Gasteiger partial charge in [0.25, 0.3) is 0 Å². The normalized spacial score (nSPS) is 10.9. The molecule has 0 fully saturated rings. The second-order valence-corrected chi connectivity index (χ2v) is 5.38. The van der Waals surface area contributed by atoms with E-state index in [1.807, 2.05) is 0 Å². The van der Waals surface area contributed by atoms with Crippen LogP contribution in [0.3, 0.4) is 0 Å². The third-order valence-electron chi connectivity index (χ3n) is 3.73. The van der Waals surface area contributed by atoms with Gasteiger partial charge in [-0.2, -0.15) is 0 Å². The molecular weight excluding hydrogens is 242 g/mol. The number of hydrogen-bond donors (Lipinski definition) is 1. The zero-order valence-corrected chi connectivity index (χ0v) is 11.8. The first-order valence-corrected chi connectivity index (χ1v) is 7.02. The quantitative estimate of drug-likeness (QED) is 0.751. The van der Waals surface area contributed by atoms with Crippen LogP contribution in [0, 0.1) is 6.92 Å². The number of fused-ring (bicyclic) bond motifs is 1. The maximum Gasteiger partial charge on any atom is 0.0178 e. The molecule has 0 aliphatic carbocycles. The van der Waals surface area contributed by atoms with Gasteiger partial charge in [-0.05, 0) is 40.8 Å². The minimum absolute atomic E-state index is 0.607. The average molecular weight is 261 g/mol. The first-order chi connectivity index (χ1) is 9.74. The van der Waals surface area contributed by atoms with E-state index in [0.29, 0.717) is 6.54 Å². The zero-order valence-electron chi connectivity index (χ0n) is 11.8. The molecule has 1 nitrogen and oxygen atoms in total. The van der Waals surface area contributed by atoms with Crippen LogP contribution in [0.1, 0.15) is 22.3 Å². The molecule has 0 aliphatic heterocycles. The van der Waals surface area contributed by atoms with Gasteiger partial charge >= 0.3 is 0 Å². The number of rotatable bonds is 3. The highest BCUT2D eigenvalue weighted by atomic mass is 14.5. The molecule has 20 heavy (non-hydrogen) atoms. The predicted octanol–water partition coefficient (Wildman–Crippen LogP) is 4.20. The van der Waals surface area contributed by atoms with Gasteiger partial charge < -0.3 is 5.73 Å². The Kier molecular flexibility index (Phi) is 3.53. The largest absolute Gasteiger partial charge is 0.326 e. The van der Waals surface area contributed by atoms with E-state index < -0.39 is 0 Å². The van der Waals surface area contributed by atoms with Gasteiger partial charge in [0, 0.05) is 6.54 Å². The van der Waals surface area contributed by atoms with Gasteiger partial charge in [0.1, 0.15) is 0 Å². The van der Waals surface area contributed by atoms with Gasteiger partial charge in [-0.1, -0.05) is 66.2 Å². The number of hydrogen-bond acceptors (Lipinski definition) is 1. The van der Waals surface area contributed by atoms with Gasteiger partial charge in [0.2, 0.25) is 0 Å². The molecular formula is C19H19N. The van der Waals surface area contributed by atoms with Crippen molar-refractivity contribution in [1.82, 2.24) is 0 Å². The van der Waals surface area contributed by atoms with Crippen molar-refractivity contribution in [3.63, 3.8) is 0 Å². The van der Waals surface area contributed by atoms with Crippen molar-refractivity contribution in [3.8, 4) is 0 Å². The lowest BCUT2D eigenvalue weighted by atomic mass is 9.99. The van der Waals surface area contributed by atoms with Crippen LogP contribution in [0.4, 0.5) is 0 Å². The Morgan fingerprint density at radius 1 is 0.700 bits per heavy atom. The highest BCUT2D eigenvalue weighted by Crippen LogP contribution is 2.19. The first kappa shape index (κ1) is 12.9. The van der Waals surface area contributed by atoms with Crippen molar-refractivity contribution in [2.75, 3.05) is 0 Å². The maximum atomic E-state index is 5.63. The van der Waals surface area contributed by atoms with Crippen LogP contribution in [0.2, 0.25) is 0 Å². The van der Waals surface area contributed by atoms with Crippen molar-refractivity contribution in [3.05, 3.63) is 82.9 Å². The molecule has 100 valence electrons. The molecule has 0 saturated carbocycles. The molecule has 0 aromatic heterocycles. The van der Waals surface area contributed by atoms with Crippen LogP contribution in [0.5, 0.6) is 0 Å². The van der Waals surface area contributed by atoms with E-state index in [1.165, 1.54) is 33.0 Å². The van der Waals surface area contributed by atoms with Gasteiger partial charge in [-0.3, -0.25) is 0 Å². The Hall–Kier alpha value is -2.12. The molecule has 0 radical (unpaired) electrons. The molecule has 0 spiro atoms. The highest BCUT2D eigenvalue weighted by molar-refractivity contribution is 5.83. The zero-order chi connectivity index (χ0) is 13.9. The molecule has 3 aromatic rings. The van der Waals surface area contributed by atoms with Crippen LogP contribution >= 0.6 is 0 Å². The molecule has 0 unspecified atom stereocenters. The molecule has 0 saturated heterocycles. The summed E-state index contributed by atoms with van der Waals surface area (Å²) in [5, 5.41) is 2.62. The Labute approximate surface area is 120 Å². The van der Waals surface area contributed by atoms with E-state index in [4.69, 9.17) is 5.73 Å². The van der Waals surface area contributed by atoms with Crippen LogP contribution < -0.4 is 5.73 Å². The van der Waals surface area contributed by atoms with Crippen molar-refractivity contribution >= 4 is 10.8 Å². The fraction of sp³-hybridized carbons (Fsp3) is 0.158. The number of aryl methyl sites for hydroxylation is 1. The lowest BCUT2D eigenvalue weighted by Crippen LogP contribution is -1.96. The van der Waals surface area contributed by atoms with Crippen molar-refractivity contribution < 1.29 is 0 Å². The lowest BCUT2D eigenvalue weighted by molar-refractivity contribution is 1.06. The number of benzene rings is 3. The van der Waals surface area contributed by atoms with Crippen molar-refractivity contribution in [2.45, 2.75) is 19.9 Å².